The van der Waals surface area contributed by atoms with Crippen LogP contribution in [0.25, 0.3) is 5.76 Å². The van der Waals surface area contributed by atoms with Gasteiger partial charge in [0.1, 0.15) is 5.82 Å². The Kier molecular flexibility index (Phi) is 5.31. The third-order valence-corrected chi connectivity index (χ3v) is 5.23. The lowest BCUT2D eigenvalue weighted by molar-refractivity contribution is -0.113. The van der Waals surface area contributed by atoms with Gasteiger partial charge in [0.05, 0.1) is 5.56 Å². The van der Waals surface area contributed by atoms with E-state index in [1.54, 1.807) is 60.0 Å². The predicted molar refractivity (Wildman–Crippen MR) is 112 cm³/mol. The summed E-state index contributed by atoms with van der Waals surface area (Å²) in [5.41, 5.74) is 1.33. The van der Waals surface area contributed by atoms with Gasteiger partial charge in [-0.2, -0.15) is 0 Å². The normalized spacial score (nSPS) is 12.9. The molecular formula is C22H17N3O3S. The number of hydrogen-bond acceptors (Lipinski definition) is 6. The maximum absolute atomic E-state index is 13.1. The number of nitrogens with one attached hydrogen (secondary N) is 1. The number of pyridine rings is 1. The molecule has 0 unspecified atom stereocenters. The standard InChI is InChI=1S/C22H17N3O3S/c1-25-19(21(26)24-18-13-7-8-14-23-18)20(16-11-5-6-12-17(16)29-25)28-22(27)15-9-3-2-4-10-15/h2-14H,1H3,(H,23,24,26). The Morgan fingerprint density at radius 3 is 2.45 bits per heavy atom. The van der Waals surface area contributed by atoms with E-state index in [1.165, 1.54) is 11.9 Å². The lowest BCUT2D eigenvalue weighted by Crippen LogP contribution is -2.29. The minimum Gasteiger partial charge on any atom is -0.420 e. The molecule has 1 aromatic heterocycles. The third kappa shape index (κ3) is 4.00. The molecule has 2 aromatic carbocycles. The number of esters is 1. The maximum atomic E-state index is 13.1. The summed E-state index contributed by atoms with van der Waals surface area (Å²) < 4.78 is 7.44. The Morgan fingerprint density at radius 1 is 0.966 bits per heavy atom. The zero-order valence-electron chi connectivity index (χ0n) is 15.5. The first-order valence-corrected chi connectivity index (χ1v) is 9.66. The molecule has 1 aliphatic rings. The molecule has 0 saturated carbocycles. The van der Waals surface area contributed by atoms with Gasteiger partial charge in [-0.3, -0.25) is 4.79 Å². The largest absolute Gasteiger partial charge is 0.420 e. The molecule has 1 N–H and O–H groups in total. The number of fused-ring (bicyclic) bond motifs is 1. The number of likely N-dealkylation sites (N-methyl/N-ethyl adjacent to an activating group) is 1. The Hall–Kier alpha value is -3.58. The molecule has 0 aliphatic carbocycles. The van der Waals surface area contributed by atoms with Crippen LogP contribution in [0.15, 0.2) is 89.6 Å². The summed E-state index contributed by atoms with van der Waals surface area (Å²) in [6, 6.07) is 21.4. The van der Waals surface area contributed by atoms with Gasteiger partial charge in [-0.15, -0.1) is 0 Å². The molecule has 29 heavy (non-hydrogen) atoms. The van der Waals surface area contributed by atoms with E-state index in [2.05, 4.69) is 10.3 Å². The summed E-state index contributed by atoms with van der Waals surface area (Å²) in [6.45, 7) is 0. The van der Waals surface area contributed by atoms with Gasteiger partial charge < -0.3 is 14.4 Å². The van der Waals surface area contributed by atoms with Crippen LogP contribution in [0.3, 0.4) is 0 Å². The van der Waals surface area contributed by atoms with Gasteiger partial charge in [0.2, 0.25) is 0 Å². The molecule has 144 valence electrons. The van der Waals surface area contributed by atoms with Gasteiger partial charge in [0, 0.05) is 23.7 Å². The van der Waals surface area contributed by atoms with Gasteiger partial charge in [0.25, 0.3) is 5.91 Å². The van der Waals surface area contributed by atoms with Gasteiger partial charge >= 0.3 is 5.97 Å². The number of carbonyl (C=O) groups is 2. The molecule has 2 heterocycles. The van der Waals surface area contributed by atoms with Crippen molar-refractivity contribution < 1.29 is 14.3 Å². The SMILES string of the molecule is CN1Sc2ccccc2C(OC(=O)c2ccccc2)=C1C(=O)Nc1ccccn1. The highest BCUT2D eigenvalue weighted by Gasteiger charge is 2.31. The first kappa shape index (κ1) is 18.8. The topological polar surface area (TPSA) is 71.5 Å². The van der Waals surface area contributed by atoms with Gasteiger partial charge in [0.15, 0.2) is 11.5 Å². The molecule has 0 saturated heterocycles. The van der Waals surface area contributed by atoms with Crippen molar-refractivity contribution in [2.24, 2.45) is 0 Å². The molecule has 1 aliphatic heterocycles. The Bertz CT molecular complexity index is 1080. The lowest BCUT2D eigenvalue weighted by Gasteiger charge is -2.29. The molecule has 4 rings (SSSR count). The number of anilines is 1. The number of carbonyl (C=O) groups excluding carboxylic acids is 2. The van der Waals surface area contributed by atoms with E-state index >= 15 is 0 Å². The van der Waals surface area contributed by atoms with Crippen LogP contribution in [0.2, 0.25) is 0 Å². The second-order valence-electron chi connectivity index (χ2n) is 6.19. The molecule has 1 amide bonds. The molecule has 6 nitrogen and oxygen atoms in total. The fourth-order valence-corrected chi connectivity index (χ4v) is 3.84. The van der Waals surface area contributed by atoms with Crippen molar-refractivity contribution in [2.45, 2.75) is 4.90 Å². The van der Waals surface area contributed by atoms with E-state index in [-0.39, 0.29) is 11.5 Å². The van der Waals surface area contributed by atoms with Crippen molar-refractivity contribution in [1.82, 2.24) is 9.29 Å². The monoisotopic (exact) mass is 403 g/mol. The second kappa shape index (κ2) is 8.20. The number of rotatable bonds is 4. The zero-order valence-corrected chi connectivity index (χ0v) is 16.3. The van der Waals surface area contributed by atoms with E-state index in [0.29, 0.717) is 16.9 Å². The summed E-state index contributed by atoms with van der Waals surface area (Å²) >= 11 is 1.39. The van der Waals surface area contributed by atoms with Crippen molar-refractivity contribution in [2.75, 3.05) is 12.4 Å². The molecule has 0 bridgehead atoms. The van der Waals surface area contributed by atoms with Crippen LogP contribution in [0.4, 0.5) is 5.82 Å². The first-order chi connectivity index (χ1) is 14.1. The quantitative estimate of drug-likeness (QED) is 0.520. The number of amides is 1. The maximum Gasteiger partial charge on any atom is 0.343 e. The summed E-state index contributed by atoms with van der Waals surface area (Å²) in [4.78, 5) is 30.8. The predicted octanol–water partition coefficient (Wildman–Crippen LogP) is 4.20. The molecule has 7 heteroatoms. The summed E-state index contributed by atoms with van der Waals surface area (Å²) in [5, 5.41) is 2.76. The Balaban J connectivity index is 1.75. The van der Waals surface area contributed by atoms with E-state index in [0.717, 1.165) is 4.90 Å². The molecule has 0 fully saturated rings. The van der Waals surface area contributed by atoms with Crippen LogP contribution in [0.1, 0.15) is 15.9 Å². The smallest absolute Gasteiger partial charge is 0.343 e. The number of nitrogens with zero attached hydrogens (tertiary/aromatic N) is 2. The number of benzene rings is 2. The fraction of sp³-hybridized carbons (Fsp3) is 0.0455. The lowest BCUT2D eigenvalue weighted by atomic mass is 10.1. The molecule has 0 spiro atoms. The molecule has 3 aromatic rings. The average molecular weight is 403 g/mol. The average Bonchev–Trinajstić information content (AvgIpc) is 2.75. The number of ether oxygens (including phenoxy) is 1. The number of aromatic nitrogens is 1. The van der Waals surface area contributed by atoms with Crippen molar-refractivity contribution >= 4 is 35.4 Å². The fourth-order valence-electron chi connectivity index (χ4n) is 2.89. The van der Waals surface area contributed by atoms with Gasteiger partial charge in [-0.05, 0) is 48.3 Å². The van der Waals surface area contributed by atoms with Gasteiger partial charge in [-0.1, -0.05) is 36.4 Å². The Morgan fingerprint density at radius 2 is 1.69 bits per heavy atom. The van der Waals surface area contributed by atoms with E-state index in [9.17, 15) is 9.59 Å². The summed E-state index contributed by atoms with van der Waals surface area (Å²) in [6.07, 6.45) is 1.59. The van der Waals surface area contributed by atoms with Crippen molar-refractivity contribution in [3.63, 3.8) is 0 Å². The third-order valence-electron chi connectivity index (χ3n) is 4.22. The van der Waals surface area contributed by atoms with Crippen LogP contribution in [0.5, 0.6) is 0 Å². The Labute approximate surface area is 172 Å². The highest BCUT2D eigenvalue weighted by molar-refractivity contribution is 7.97. The van der Waals surface area contributed by atoms with Crippen LogP contribution in [-0.2, 0) is 9.53 Å². The van der Waals surface area contributed by atoms with Crippen molar-refractivity contribution in [3.05, 3.63) is 95.8 Å². The van der Waals surface area contributed by atoms with Gasteiger partial charge in [-0.25, -0.2) is 9.78 Å². The van der Waals surface area contributed by atoms with E-state index in [4.69, 9.17) is 4.74 Å². The number of hydrogen-bond donors (Lipinski definition) is 1. The zero-order chi connectivity index (χ0) is 20.2. The molecule has 0 radical (unpaired) electrons. The van der Waals surface area contributed by atoms with Crippen LogP contribution in [-0.4, -0.2) is 28.2 Å². The highest BCUT2D eigenvalue weighted by Crippen LogP contribution is 2.40. The minimum absolute atomic E-state index is 0.212. The van der Waals surface area contributed by atoms with Crippen LogP contribution in [0, 0.1) is 0 Å². The van der Waals surface area contributed by atoms with Crippen molar-refractivity contribution in [1.29, 1.82) is 0 Å². The molecular weight excluding hydrogens is 386 g/mol. The van der Waals surface area contributed by atoms with Crippen molar-refractivity contribution in [3.8, 4) is 0 Å². The minimum atomic E-state index is -0.529. The van der Waals surface area contributed by atoms with Crippen LogP contribution < -0.4 is 5.32 Å². The first-order valence-electron chi connectivity index (χ1n) is 8.88. The highest BCUT2D eigenvalue weighted by atomic mass is 32.2. The van der Waals surface area contributed by atoms with E-state index in [1.807, 2.05) is 30.3 Å². The second-order valence-corrected chi connectivity index (χ2v) is 7.36. The molecule has 0 atom stereocenters. The summed E-state index contributed by atoms with van der Waals surface area (Å²) in [5.74, 6) is -0.317. The van der Waals surface area contributed by atoms with E-state index < -0.39 is 11.9 Å². The van der Waals surface area contributed by atoms with Crippen LogP contribution >= 0.6 is 11.9 Å². The summed E-state index contributed by atoms with van der Waals surface area (Å²) in [7, 11) is 1.75.